The molecule has 3 rings (SSSR count). The predicted octanol–water partition coefficient (Wildman–Crippen LogP) is 4.87. The third kappa shape index (κ3) is 6.17. The van der Waals surface area contributed by atoms with Gasteiger partial charge in [0.1, 0.15) is 18.1 Å². The lowest BCUT2D eigenvalue weighted by Crippen LogP contribution is -2.29. The number of ether oxygens (including phenoxy) is 2. The fraction of sp³-hybridized carbons (Fsp3) is 0.167. The van der Waals surface area contributed by atoms with Gasteiger partial charge >= 0.3 is 0 Å². The van der Waals surface area contributed by atoms with E-state index < -0.39 is 5.82 Å². The number of carbonyl (C=O) groups excluding carboxylic acids is 1. The summed E-state index contributed by atoms with van der Waals surface area (Å²) in [4.78, 5) is 17.7. The maximum absolute atomic E-state index is 14.3. The molecule has 154 valence electrons. The van der Waals surface area contributed by atoms with Gasteiger partial charge in [0.05, 0.1) is 12.7 Å². The van der Waals surface area contributed by atoms with Crippen molar-refractivity contribution >= 4 is 12.0 Å². The highest BCUT2D eigenvalue weighted by atomic mass is 19.1. The van der Waals surface area contributed by atoms with E-state index in [-0.39, 0.29) is 11.7 Å². The van der Waals surface area contributed by atoms with Gasteiger partial charge in [0.2, 0.25) is 5.91 Å². The Labute approximate surface area is 175 Å². The van der Waals surface area contributed by atoms with Crippen LogP contribution in [0.2, 0.25) is 0 Å². The molecule has 0 aliphatic carbocycles. The first kappa shape index (κ1) is 21.0. The summed E-state index contributed by atoms with van der Waals surface area (Å²) in [5.74, 6) is 0.601. The molecule has 3 aromatic rings. The summed E-state index contributed by atoms with van der Waals surface area (Å²) >= 11 is 0. The van der Waals surface area contributed by atoms with Gasteiger partial charge in [-0.05, 0) is 60.5 Å². The number of hydrogen-bond donors (Lipinski definition) is 0. The lowest BCUT2D eigenvalue weighted by Gasteiger charge is -2.15. The molecule has 0 aliphatic heterocycles. The van der Waals surface area contributed by atoms with Crippen LogP contribution in [0.1, 0.15) is 11.1 Å². The molecule has 0 bridgehead atoms. The van der Waals surface area contributed by atoms with Gasteiger partial charge in [-0.15, -0.1) is 0 Å². The van der Waals surface area contributed by atoms with Gasteiger partial charge in [0.25, 0.3) is 0 Å². The van der Waals surface area contributed by atoms with E-state index in [1.807, 2.05) is 31.2 Å². The van der Waals surface area contributed by atoms with Crippen LogP contribution < -0.4 is 9.47 Å². The van der Waals surface area contributed by atoms with E-state index in [2.05, 4.69) is 4.98 Å². The monoisotopic (exact) mass is 406 g/mol. The first-order valence-electron chi connectivity index (χ1n) is 9.51. The largest absolute Gasteiger partial charge is 0.492 e. The summed E-state index contributed by atoms with van der Waals surface area (Å²) in [6.07, 6.45) is 6.09. The molecule has 1 heterocycles. The molecule has 2 aromatic carbocycles. The minimum atomic E-state index is -0.520. The van der Waals surface area contributed by atoms with E-state index in [4.69, 9.17) is 9.47 Å². The van der Waals surface area contributed by atoms with Crippen LogP contribution in [0.25, 0.3) is 6.08 Å². The van der Waals surface area contributed by atoms with Crippen LogP contribution in [0.5, 0.6) is 17.2 Å². The third-order valence-corrected chi connectivity index (χ3v) is 4.30. The van der Waals surface area contributed by atoms with Gasteiger partial charge in [-0.1, -0.05) is 18.2 Å². The van der Waals surface area contributed by atoms with Gasteiger partial charge in [0.15, 0.2) is 11.6 Å². The van der Waals surface area contributed by atoms with E-state index in [1.165, 1.54) is 24.4 Å². The number of likely N-dealkylation sites (N-methyl/N-ethyl adjacent to an activating group) is 1. The molecule has 5 nitrogen and oxygen atoms in total. The molecule has 1 aromatic heterocycles. The molecule has 0 spiro atoms. The van der Waals surface area contributed by atoms with E-state index in [0.29, 0.717) is 24.5 Å². The fourth-order valence-electron chi connectivity index (χ4n) is 2.65. The van der Waals surface area contributed by atoms with Gasteiger partial charge in [-0.3, -0.25) is 9.78 Å². The van der Waals surface area contributed by atoms with E-state index in [1.54, 1.807) is 42.4 Å². The average molecular weight is 406 g/mol. The Bertz CT molecular complexity index is 1020. The number of carbonyl (C=O) groups is 1. The van der Waals surface area contributed by atoms with Crippen LogP contribution in [0.3, 0.4) is 0 Å². The van der Waals surface area contributed by atoms with Crippen molar-refractivity contribution in [2.24, 2.45) is 0 Å². The summed E-state index contributed by atoms with van der Waals surface area (Å²) in [5, 5.41) is 0. The number of nitrogens with zero attached hydrogens (tertiary/aromatic N) is 2. The zero-order valence-corrected chi connectivity index (χ0v) is 16.9. The fourth-order valence-corrected chi connectivity index (χ4v) is 2.65. The van der Waals surface area contributed by atoms with Crippen molar-refractivity contribution < 1.29 is 18.7 Å². The Morgan fingerprint density at radius 2 is 1.97 bits per heavy atom. The molecule has 0 unspecified atom stereocenters. The van der Waals surface area contributed by atoms with Crippen LogP contribution in [0, 0.1) is 12.7 Å². The lowest BCUT2D eigenvalue weighted by molar-refractivity contribution is -0.125. The van der Waals surface area contributed by atoms with Crippen molar-refractivity contribution in [3.05, 3.63) is 90.0 Å². The van der Waals surface area contributed by atoms with Crippen LogP contribution in [0.15, 0.2) is 73.1 Å². The summed E-state index contributed by atoms with van der Waals surface area (Å²) in [7, 11) is 1.69. The minimum Gasteiger partial charge on any atom is -0.492 e. The summed E-state index contributed by atoms with van der Waals surface area (Å²) in [5.41, 5.74) is 1.67. The second kappa shape index (κ2) is 10.2. The molecule has 0 aliphatic rings. The number of amides is 1. The number of aryl methyl sites for hydroxylation is 1. The van der Waals surface area contributed by atoms with Crippen molar-refractivity contribution in [3.8, 4) is 17.2 Å². The molecule has 30 heavy (non-hydrogen) atoms. The van der Waals surface area contributed by atoms with Crippen LogP contribution in [-0.2, 0) is 4.79 Å². The van der Waals surface area contributed by atoms with E-state index >= 15 is 0 Å². The minimum absolute atomic E-state index is 0.0943. The smallest absolute Gasteiger partial charge is 0.246 e. The molecule has 0 N–H and O–H groups in total. The quantitative estimate of drug-likeness (QED) is 0.501. The Balaban J connectivity index is 1.51. The Morgan fingerprint density at radius 1 is 1.13 bits per heavy atom. The Hall–Kier alpha value is -3.67. The zero-order valence-electron chi connectivity index (χ0n) is 16.9. The van der Waals surface area contributed by atoms with Crippen LogP contribution in [0.4, 0.5) is 4.39 Å². The number of rotatable bonds is 8. The molecule has 0 radical (unpaired) electrons. The van der Waals surface area contributed by atoms with Crippen molar-refractivity contribution in [1.29, 1.82) is 0 Å². The molecule has 1 amide bonds. The number of pyridine rings is 1. The topological polar surface area (TPSA) is 51.7 Å². The summed E-state index contributed by atoms with van der Waals surface area (Å²) < 4.78 is 25.4. The normalized spacial score (nSPS) is 10.8. The highest BCUT2D eigenvalue weighted by molar-refractivity contribution is 5.91. The summed E-state index contributed by atoms with van der Waals surface area (Å²) in [6.45, 7) is 2.81. The Morgan fingerprint density at radius 3 is 2.70 bits per heavy atom. The van der Waals surface area contributed by atoms with Crippen molar-refractivity contribution in [2.75, 3.05) is 20.2 Å². The van der Waals surface area contributed by atoms with Gasteiger partial charge in [-0.2, -0.15) is 0 Å². The van der Waals surface area contributed by atoms with Crippen LogP contribution in [-0.4, -0.2) is 36.0 Å². The van der Waals surface area contributed by atoms with E-state index in [9.17, 15) is 9.18 Å². The van der Waals surface area contributed by atoms with Gasteiger partial charge < -0.3 is 14.4 Å². The number of aromatic nitrogens is 1. The van der Waals surface area contributed by atoms with Crippen molar-refractivity contribution in [1.82, 2.24) is 9.88 Å². The Kier molecular flexibility index (Phi) is 7.16. The number of hydrogen-bond acceptors (Lipinski definition) is 4. The van der Waals surface area contributed by atoms with Gasteiger partial charge in [-0.25, -0.2) is 4.39 Å². The number of benzene rings is 2. The second-order valence-corrected chi connectivity index (χ2v) is 6.74. The zero-order chi connectivity index (χ0) is 21.3. The lowest BCUT2D eigenvalue weighted by atomic mass is 10.2. The number of halogens is 1. The molecule has 0 saturated carbocycles. The molecule has 0 atom stereocenters. The first-order valence-corrected chi connectivity index (χ1v) is 9.51. The average Bonchev–Trinajstić information content (AvgIpc) is 2.74. The maximum atomic E-state index is 14.3. The van der Waals surface area contributed by atoms with E-state index in [0.717, 1.165) is 11.3 Å². The van der Waals surface area contributed by atoms with Crippen LogP contribution >= 0.6 is 0 Å². The maximum Gasteiger partial charge on any atom is 0.246 e. The molecule has 6 heteroatoms. The first-order chi connectivity index (χ1) is 14.5. The predicted molar refractivity (Wildman–Crippen MR) is 114 cm³/mol. The molecular formula is C24H23FN2O3. The van der Waals surface area contributed by atoms with Gasteiger partial charge in [0, 0.05) is 19.3 Å². The SMILES string of the molecule is Cc1cccc(OCCN(C)C(=O)/C=C/c2ccc(Oc3cccnc3)c(F)c2)c1. The third-order valence-electron chi connectivity index (χ3n) is 4.30. The summed E-state index contributed by atoms with van der Waals surface area (Å²) in [6, 6.07) is 15.7. The standard InChI is InChI=1S/C24H23FN2O3/c1-18-5-3-6-20(15-18)29-14-13-27(2)24(28)11-9-19-8-10-23(22(25)16-19)30-21-7-4-12-26-17-21/h3-12,15-17H,13-14H2,1-2H3/b11-9+. The second-order valence-electron chi connectivity index (χ2n) is 6.74. The van der Waals surface area contributed by atoms with Crippen molar-refractivity contribution in [2.45, 2.75) is 6.92 Å². The van der Waals surface area contributed by atoms with Crippen molar-refractivity contribution in [3.63, 3.8) is 0 Å². The molecule has 0 saturated heterocycles. The highest BCUT2D eigenvalue weighted by Crippen LogP contribution is 2.24. The highest BCUT2D eigenvalue weighted by Gasteiger charge is 2.07. The molecule has 0 fully saturated rings. The molecular weight excluding hydrogens is 383 g/mol.